The van der Waals surface area contributed by atoms with Gasteiger partial charge in [0, 0.05) is 5.56 Å². The van der Waals surface area contributed by atoms with Crippen molar-refractivity contribution in [2.75, 3.05) is 0 Å². The first-order valence-electron chi connectivity index (χ1n) is 6.84. The van der Waals surface area contributed by atoms with Crippen molar-refractivity contribution in [1.29, 1.82) is 0 Å². The van der Waals surface area contributed by atoms with E-state index >= 15 is 0 Å². The summed E-state index contributed by atoms with van der Waals surface area (Å²) in [5, 5.41) is 2.11. The van der Waals surface area contributed by atoms with Crippen molar-refractivity contribution < 1.29 is 9.59 Å². The van der Waals surface area contributed by atoms with Crippen LogP contribution in [-0.4, -0.2) is 12.1 Å². The van der Waals surface area contributed by atoms with Gasteiger partial charge in [-0.2, -0.15) is 0 Å². The molecule has 0 aliphatic carbocycles. The van der Waals surface area contributed by atoms with E-state index in [-0.39, 0.29) is 12.2 Å². The molecule has 3 rings (SSSR count). The Bertz CT molecular complexity index is 804. The Morgan fingerprint density at radius 3 is 2.38 bits per heavy atom. The molecule has 2 nitrogen and oxygen atoms in total. The number of benzene rings is 3. The van der Waals surface area contributed by atoms with Crippen LogP contribution in [0.4, 0.5) is 0 Å². The third-order valence-electron chi connectivity index (χ3n) is 3.54. The fraction of sp³-hybridized carbons (Fsp3) is 0.0526. The van der Waals surface area contributed by atoms with Crippen LogP contribution in [0.5, 0.6) is 0 Å². The molecule has 3 aromatic carbocycles. The van der Waals surface area contributed by atoms with Gasteiger partial charge in [-0.05, 0) is 34.0 Å². The minimum Gasteiger partial charge on any atom is -0.303 e. The predicted octanol–water partition coefficient (Wildman–Crippen LogP) is 4.28. The van der Waals surface area contributed by atoms with Crippen molar-refractivity contribution in [2.24, 2.45) is 0 Å². The van der Waals surface area contributed by atoms with E-state index < -0.39 is 0 Å². The van der Waals surface area contributed by atoms with E-state index in [0.717, 1.165) is 21.9 Å². The number of hydrogen-bond acceptors (Lipinski definition) is 2. The molecule has 0 heterocycles. The number of carbonyl (C=O) groups excluding carboxylic acids is 2. The van der Waals surface area contributed by atoms with Crippen LogP contribution in [0, 0.1) is 0 Å². The number of Topliss-reactive ketones (excluding diaryl/α,β-unsaturated/α-hetero) is 1. The normalized spacial score (nSPS) is 10.5. The molecule has 0 saturated carbocycles. The van der Waals surface area contributed by atoms with Crippen LogP contribution < -0.4 is 0 Å². The Balaban J connectivity index is 2.26. The van der Waals surface area contributed by atoms with E-state index in [4.69, 9.17) is 0 Å². The van der Waals surface area contributed by atoms with E-state index in [2.05, 4.69) is 0 Å². The Labute approximate surface area is 123 Å². The molecule has 21 heavy (non-hydrogen) atoms. The zero-order valence-corrected chi connectivity index (χ0v) is 11.5. The fourth-order valence-electron chi connectivity index (χ4n) is 2.52. The number of carbonyl (C=O) groups is 2. The number of aldehydes is 1. The van der Waals surface area contributed by atoms with Crippen molar-refractivity contribution in [1.82, 2.24) is 0 Å². The summed E-state index contributed by atoms with van der Waals surface area (Å²) in [5.74, 6) is -0.145. The highest BCUT2D eigenvalue weighted by molar-refractivity contribution is 6.08. The van der Waals surface area contributed by atoms with Crippen LogP contribution in [0.1, 0.15) is 16.8 Å². The molecule has 0 radical (unpaired) electrons. The van der Waals surface area contributed by atoms with Crippen LogP contribution in [0.15, 0.2) is 66.7 Å². The van der Waals surface area contributed by atoms with Crippen molar-refractivity contribution in [3.63, 3.8) is 0 Å². The molecule has 0 N–H and O–H groups in total. The van der Waals surface area contributed by atoms with Crippen molar-refractivity contribution in [3.8, 4) is 11.1 Å². The third-order valence-corrected chi connectivity index (χ3v) is 3.54. The van der Waals surface area contributed by atoms with Crippen LogP contribution >= 0.6 is 0 Å². The van der Waals surface area contributed by atoms with Gasteiger partial charge < -0.3 is 4.79 Å². The third kappa shape index (κ3) is 2.61. The van der Waals surface area contributed by atoms with Crippen molar-refractivity contribution in [3.05, 3.63) is 72.3 Å². The summed E-state index contributed by atoms with van der Waals surface area (Å²) in [7, 11) is 0. The first kappa shape index (κ1) is 13.3. The molecular weight excluding hydrogens is 260 g/mol. The smallest absolute Gasteiger partial charge is 0.169 e. The second-order valence-electron chi connectivity index (χ2n) is 4.90. The molecule has 0 spiro atoms. The SMILES string of the molecule is O=CCC(=O)c1cc(-c2ccccc2)c2ccccc2c1. The Morgan fingerprint density at radius 1 is 0.905 bits per heavy atom. The molecular formula is C19H14O2. The van der Waals surface area contributed by atoms with E-state index in [1.165, 1.54) is 0 Å². The van der Waals surface area contributed by atoms with E-state index in [1.807, 2.05) is 66.7 Å². The fourth-order valence-corrected chi connectivity index (χ4v) is 2.52. The Hall–Kier alpha value is -2.74. The van der Waals surface area contributed by atoms with Gasteiger partial charge in [-0.25, -0.2) is 0 Å². The summed E-state index contributed by atoms with van der Waals surface area (Å²) in [4.78, 5) is 22.6. The lowest BCUT2D eigenvalue weighted by molar-refractivity contribution is -0.107. The quantitative estimate of drug-likeness (QED) is 0.404. The van der Waals surface area contributed by atoms with Gasteiger partial charge >= 0.3 is 0 Å². The lowest BCUT2D eigenvalue weighted by Crippen LogP contribution is -2.00. The molecule has 3 aromatic rings. The minimum atomic E-state index is -0.145. The predicted molar refractivity (Wildman–Crippen MR) is 84.4 cm³/mol. The number of fused-ring (bicyclic) bond motifs is 1. The molecule has 0 aromatic heterocycles. The van der Waals surface area contributed by atoms with Crippen molar-refractivity contribution >= 4 is 22.8 Å². The van der Waals surface area contributed by atoms with Gasteiger partial charge in [-0.3, -0.25) is 4.79 Å². The van der Waals surface area contributed by atoms with Crippen LogP contribution in [-0.2, 0) is 4.79 Å². The molecule has 0 amide bonds. The summed E-state index contributed by atoms with van der Waals surface area (Å²) in [6.07, 6.45) is 0.576. The largest absolute Gasteiger partial charge is 0.303 e. The van der Waals surface area contributed by atoms with Gasteiger partial charge in [0.1, 0.15) is 6.29 Å². The van der Waals surface area contributed by atoms with Gasteiger partial charge in [0.15, 0.2) is 5.78 Å². The minimum absolute atomic E-state index is 0.0768. The van der Waals surface area contributed by atoms with Crippen molar-refractivity contribution in [2.45, 2.75) is 6.42 Å². The van der Waals surface area contributed by atoms with Gasteiger partial charge in [-0.15, -0.1) is 0 Å². The average molecular weight is 274 g/mol. The molecule has 0 saturated heterocycles. The van der Waals surface area contributed by atoms with Crippen LogP contribution in [0.2, 0.25) is 0 Å². The lowest BCUT2D eigenvalue weighted by Gasteiger charge is -2.09. The molecule has 0 aliphatic heterocycles. The van der Waals surface area contributed by atoms with E-state index in [1.54, 1.807) is 0 Å². The maximum atomic E-state index is 12.0. The molecule has 0 bridgehead atoms. The number of hydrogen-bond donors (Lipinski definition) is 0. The summed E-state index contributed by atoms with van der Waals surface area (Å²) in [6.45, 7) is 0. The second kappa shape index (κ2) is 5.71. The van der Waals surface area contributed by atoms with Gasteiger partial charge in [-0.1, -0.05) is 54.6 Å². The molecule has 0 atom stereocenters. The molecule has 2 heteroatoms. The highest BCUT2D eigenvalue weighted by Gasteiger charge is 2.11. The first-order valence-corrected chi connectivity index (χ1v) is 6.84. The average Bonchev–Trinajstić information content (AvgIpc) is 2.55. The maximum Gasteiger partial charge on any atom is 0.169 e. The number of rotatable bonds is 4. The van der Waals surface area contributed by atoms with Gasteiger partial charge in [0.25, 0.3) is 0 Å². The van der Waals surface area contributed by atoms with Crippen LogP contribution in [0.3, 0.4) is 0 Å². The second-order valence-corrected chi connectivity index (χ2v) is 4.90. The Morgan fingerprint density at radius 2 is 1.62 bits per heavy atom. The summed E-state index contributed by atoms with van der Waals surface area (Å²) in [6, 6.07) is 21.7. The molecule has 0 aliphatic rings. The monoisotopic (exact) mass is 274 g/mol. The van der Waals surface area contributed by atoms with Gasteiger partial charge in [0.2, 0.25) is 0 Å². The summed E-state index contributed by atoms with van der Waals surface area (Å²) in [5.41, 5.74) is 2.66. The topological polar surface area (TPSA) is 34.1 Å². The molecule has 0 fully saturated rings. The molecule has 0 unspecified atom stereocenters. The number of ketones is 1. The maximum absolute atomic E-state index is 12.0. The summed E-state index contributed by atoms with van der Waals surface area (Å²) < 4.78 is 0. The highest BCUT2D eigenvalue weighted by Crippen LogP contribution is 2.30. The molecule has 102 valence electrons. The van der Waals surface area contributed by atoms with Crippen LogP contribution in [0.25, 0.3) is 21.9 Å². The lowest BCUT2D eigenvalue weighted by atomic mass is 9.94. The first-order chi connectivity index (χ1) is 10.3. The Kier molecular flexibility index (Phi) is 3.61. The highest BCUT2D eigenvalue weighted by atomic mass is 16.1. The van der Waals surface area contributed by atoms with E-state index in [0.29, 0.717) is 11.8 Å². The standard InChI is InChI=1S/C19H14O2/c20-11-10-19(21)16-12-15-8-4-5-9-17(15)18(13-16)14-6-2-1-3-7-14/h1-9,11-13H,10H2. The zero-order chi connectivity index (χ0) is 14.7. The van der Waals surface area contributed by atoms with Gasteiger partial charge in [0.05, 0.1) is 6.42 Å². The zero-order valence-electron chi connectivity index (χ0n) is 11.5. The van der Waals surface area contributed by atoms with E-state index in [9.17, 15) is 9.59 Å². The summed E-state index contributed by atoms with van der Waals surface area (Å²) >= 11 is 0.